The average Bonchev–Trinajstić information content (AvgIpc) is 2.60. The lowest BCUT2D eigenvalue weighted by Crippen LogP contribution is -2.48. The molecule has 0 radical (unpaired) electrons. The summed E-state index contributed by atoms with van der Waals surface area (Å²) in [5.74, 6) is 1.16. The molecular formula is C18H36IN5O2. The van der Waals surface area contributed by atoms with Crippen LogP contribution in [-0.4, -0.2) is 63.5 Å². The van der Waals surface area contributed by atoms with E-state index in [1.54, 1.807) is 21.1 Å². The number of aliphatic imine (C=N–C) groups is 1. The number of rotatable bonds is 7. The highest BCUT2D eigenvalue weighted by molar-refractivity contribution is 14.0. The topological polar surface area (TPSA) is 85.8 Å². The number of carbonyl (C=O) groups excluding carboxylic acids is 2. The number of hydrogen-bond acceptors (Lipinski definition) is 3. The maximum atomic E-state index is 11.9. The fourth-order valence-corrected chi connectivity index (χ4v) is 2.82. The van der Waals surface area contributed by atoms with Gasteiger partial charge in [0.05, 0.1) is 5.41 Å². The zero-order chi connectivity index (χ0) is 18.9. The molecule has 3 N–H and O–H groups in total. The van der Waals surface area contributed by atoms with Crippen molar-refractivity contribution in [2.24, 2.45) is 16.3 Å². The first kappa shape index (κ1) is 24.9. The molecule has 1 rings (SSSR count). The first-order valence-corrected chi connectivity index (χ1v) is 9.21. The van der Waals surface area contributed by atoms with Crippen LogP contribution in [0.5, 0.6) is 0 Å². The number of guanidine groups is 1. The van der Waals surface area contributed by atoms with Crippen molar-refractivity contribution in [2.45, 2.75) is 46.0 Å². The van der Waals surface area contributed by atoms with Gasteiger partial charge >= 0.3 is 0 Å². The molecule has 0 unspecified atom stereocenters. The second kappa shape index (κ2) is 12.3. The molecule has 152 valence electrons. The van der Waals surface area contributed by atoms with Crippen molar-refractivity contribution in [2.75, 3.05) is 40.8 Å². The number of hydrogen-bond donors (Lipinski definition) is 3. The Kier molecular flexibility index (Phi) is 11.8. The maximum absolute atomic E-state index is 11.9. The van der Waals surface area contributed by atoms with Crippen molar-refractivity contribution in [1.82, 2.24) is 20.9 Å². The van der Waals surface area contributed by atoms with Crippen molar-refractivity contribution in [1.29, 1.82) is 0 Å². The van der Waals surface area contributed by atoms with Crippen LogP contribution in [0.15, 0.2) is 4.99 Å². The SMILES string of the molecule is CNC(=O)C(C)(C)CNC(=NCC(=O)N(C)C)NCC1CCCCC1.I. The van der Waals surface area contributed by atoms with Crippen LogP contribution in [0.2, 0.25) is 0 Å². The minimum Gasteiger partial charge on any atom is -0.359 e. The number of halogens is 1. The Morgan fingerprint density at radius 1 is 1.12 bits per heavy atom. The van der Waals surface area contributed by atoms with E-state index in [9.17, 15) is 9.59 Å². The predicted octanol–water partition coefficient (Wildman–Crippen LogP) is 1.58. The summed E-state index contributed by atoms with van der Waals surface area (Å²) in [6.07, 6.45) is 6.37. The summed E-state index contributed by atoms with van der Waals surface area (Å²) in [7, 11) is 5.07. The number of nitrogens with one attached hydrogen (secondary N) is 3. The summed E-state index contributed by atoms with van der Waals surface area (Å²) >= 11 is 0. The lowest BCUT2D eigenvalue weighted by molar-refractivity contribution is -0.128. The van der Waals surface area contributed by atoms with Crippen LogP contribution >= 0.6 is 24.0 Å². The molecule has 7 nitrogen and oxygen atoms in total. The zero-order valence-electron chi connectivity index (χ0n) is 16.9. The number of nitrogens with zero attached hydrogens (tertiary/aromatic N) is 2. The van der Waals surface area contributed by atoms with Crippen LogP contribution in [0.1, 0.15) is 46.0 Å². The summed E-state index contributed by atoms with van der Waals surface area (Å²) in [5, 5.41) is 9.24. The van der Waals surface area contributed by atoms with E-state index in [0.29, 0.717) is 18.4 Å². The van der Waals surface area contributed by atoms with Gasteiger partial charge in [0, 0.05) is 34.2 Å². The molecule has 1 aliphatic rings. The fourth-order valence-electron chi connectivity index (χ4n) is 2.82. The highest BCUT2D eigenvalue weighted by Gasteiger charge is 2.26. The van der Waals surface area contributed by atoms with Gasteiger partial charge in [-0.3, -0.25) is 9.59 Å². The standard InChI is InChI=1S/C18H35N5O2.HI/c1-18(2,16(25)19-3)13-22-17(21-12-15(24)23(4)5)20-11-14-9-7-6-8-10-14;/h14H,6-13H2,1-5H3,(H,19,25)(H2,20,21,22);1H. The van der Waals surface area contributed by atoms with Gasteiger partial charge in [0.1, 0.15) is 6.54 Å². The Balaban J connectivity index is 0.00000625. The van der Waals surface area contributed by atoms with Crippen LogP contribution in [0.25, 0.3) is 0 Å². The van der Waals surface area contributed by atoms with Gasteiger partial charge in [0.15, 0.2) is 5.96 Å². The largest absolute Gasteiger partial charge is 0.359 e. The lowest BCUT2D eigenvalue weighted by Gasteiger charge is -2.26. The monoisotopic (exact) mass is 481 g/mol. The molecule has 1 saturated carbocycles. The van der Waals surface area contributed by atoms with Gasteiger partial charge in [-0.15, -0.1) is 24.0 Å². The minimum absolute atomic E-state index is 0. The van der Waals surface area contributed by atoms with Crippen LogP contribution < -0.4 is 16.0 Å². The molecule has 0 saturated heterocycles. The highest BCUT2D eigenvalue weighted by Crippen LogP contribution is 2.22. The van der Waals surface area contributed by atoms with Gasteiger partial charge < -0.3 is 20.9 Å². The van der Waals surface area contributed by atoms with E-state index in [1.807, 2.05) is 13.8 Å². The molecule has 26 heavy (non-hydrogen) atoms. The molecule has 8 heteroatoms. The third-order valence-electron chi connectivity index (χ3n) is 4.69. The summed E-state index contributed by atoms with van der Waals surface area (Å²) in [6, 6.07) is 0. The van der Waals surface area contributed by atoms with Crippen molar-refractivity contribution in [3.8, 4) is 0 Å². The fraction of sp³-hybridized carbons (Fsp3) is 0.833. The smallest absolute Gasteiger partial charge is 0.243 e. The molecule has 0 aromatic rings. The van der Waals surface area contributed by atoms with Crippen LogP contribution in [-0.2, 0) is 9.59 Å². The van der Waals surface area contributed by atoms with Crippen LogP contribution in [0, 0.1) is 11.3 Å². The number of carbonyl (C=O) groups is 2. The summed E-state index contributed by atoms with van der Waals surface area (Å²) < 4.78 is 0. The molecule has 0 heterocycles. The predicted molar refractivity (Wildman–Crippen MR) is 117 cm³/mol. The second-order valence-electron chi connectivity index (χ2n) is 7.65. The van der Waals surface area contributed by atoms with Crippen molar-refractivity contribution >= 4 is 41.8 Å². The molecule has 0 bridgehead atoms. The number of amides is 2. The van der Waals surface area contributed by atoms with Gasteiger partial charge in [-0.2, -0.15) is 0 Å². The Labute approximate surface area is 175 Å². The Hall–Kier alpha value is -1.06. The first-order chi connectivity index (χ1) is 11.8. The van der Waals surface area contributed by atoms with E-state index in [-0.39, 0.29) is 42.3 Å². The Morgan fingerprint density at radius 3 is 2.27 bits per heavy atom. The van der Waals surface area contributed by atoms with E-state index in [4.69, 9.17) is 0 Å². The third kappa shape index (κ3) is 9.05. The molecular weight excluding hydrogens is 445 g/mol. The first-order valence-electron chi connectivity index (χ1n) is 9.21. The molecule has 1 aliphatic carbocycles. The maximum Gasteiger partial charge on any atom is 0.243 e. The normalized spacial score (nSPS) is 15.7. The van der Waals surface area contributed by atoms with Gasteiger partial charge in [-0.1, -0.05) is 19.3 Å². The zero-order valence-corrected chi connectivity index (χ0v) is 19.2. The van der Waals surface area contributed by atoms with Gasteiger partial charge in [0.25, 0.3) is 0 Å². The highest BCUT2D eigenvalue weighted by atomic mass is 127. The molecule has 0 atom stereocenters. The summed E-state index contributed by atoms with van der Waals surface area (Å²) in [4.78, 5) is 29.7. The molecule has 0 aromatic heterocycles. The van der Waals surface area contributed by atoms with E-state index in [1.165, 1.54) is 37.0 Å². The molecule has 2 amide bonds. The van der Waals surface area contributed by atoms with E-state index < -0.39 is 5.41 Å². The Morgan fingerprint density at radius 2 is 1.73 bits per heavy atom. The van der Waals surface area contributed by atoms with Crippen molar-refractivity contribution in [3.63, 3.8) is 0 Å². The van der Waals surface area contributed by atoms with Crippen molar-refractivity contribution in [3.05, 3.63) is 0 Å². The van der Waals surface area contributed by atoms with E-state index in [0.717, 1.165) is 6.54 Å². The molecule has 0 aliphatic heterocycles. The van der Waals surface area contributed by atoms with E-state index in [2.05, 4.69) is 20.9 Å². The van der Waals surface area contributed by atoms with Crippen molar-refractivity contribution < 1.29 is 9.59 Å². The lowest BCUT2D eigenvalue weighted by atomic mass is 9.89. The van der Waals surface area contributed by atoms with Crippen LogP contribution in [0.4, 0.5) is 0 Å². The molecule has 1 fully saturated rings. The molecule has 0 spiro atoms. The second-order valence-corrected chi connectivity index (χ2v) is 7.65. The minimum atomic E-state index is -0.562. The summed E-state index contributed by atoms with van der Waals surface area (Å²) in [5.41, 5.74) is -0.562. The Bertz CT molecular complexity index is 474. The van der Waals surface area contributed by atoms with Gasteiger partial charge in [-0.25, -0.2) is 4.99 Å². The van der Waals surface area contributed by atoms with Gasteiger partial charge in [-0.05, 0) is 32.6 Å². The van der Waals surface area contributed by atoms with Crippen LogP contribution in [0.3, 0.4) is 0 Å². The quantitative estimate of drug-likeness (QED) is 0.293. The summed E-state index contributed by atoms with van der Waals surface area (Å²) in [6.45, 7) is 5.14. The third-order valence-corrected chi connectivity index (χ3v) is 4.69. The number of likely N-dealkylation sites (N-methyl/N-ethyl adjacent to an activating group) is 1. The van der Waals surface area contributed by atoms with E-state index >= 15 is 0 Å². The molecule has 0 aromatic carbocycles. The average molecular weight is 481 g/mol. The van der Waals surface area contributed by atoms with Gasteiger partial charge in [0.2, 0.25) is 11.8 Å².